The fraction of sp³-hybridized carbons (Fsp3) is 0.857. The molecule has 0 amide bonds. The molecule has 0 bridgehead atoms. The Balaban J connectivity index is 2.92. The molecule has 0 saturated carbocycles. The molecule has 0 aliphatic carbocycles. The molecule has 1 heterocycles. The van der Waals surface area contributed by atoms with Crippen LogP contribution in [0, 0.1) is 0 Å². The first-order valence-electron chi connectivity index (χ1n) is 4.26. The zero-order valence-electron chi connectivity index (χ0n) is 8.17. The Morgan fingerprint density at radius 1 is 1.50 bits per heavy atom. The van der Waals surface area contributed by atoms with Gasteiger partial charge in [-0.3, -0.25) is 0 Å². The van der Waals surface area contributed by atoms with Gasteiger partial charge < -0.3 is 0 Å². The monoisotopic (exact) mass is 219 g/mol. The number of rotatable bonds is 3. The van der Waals surface area contributed by atoms with E-state index in [9.17, 15) is 13.2 Å². The number of carbonyl (C=O) groups excluding carboxylic acids is 1. The van der Waals surface area contributed by atoms with Crippen molar-refractivity contribution in [3.05, 3.63) is 0 Å². The summed E-state index contributed by atoms with van der Waals surface area (Å²) in [5, 5.41) is 0. The lowest BCUT2D eigenvalue weighted by molar-refractivity contribution is 0.363. The molecule has 7 heteroatoms. The Morgan fingerprint density at radius 2 is 2.14 bits per heavy atom. The van der Waals surface area contributed by atoms with E-state index in [0.29, 0.717) is 13.0 Å². The normalized spacial score (nSPS) is 23.8. The number of nitrogens with zero attached hydrogens (tertiary/aromatic N) is 3. The van der Waals surface area contributed by atoms with Crippen LogP contribution in [-0.2, 0) is 15.0 Å². The van der Waals surface area contributed by atoms with Crippen molar-refractivity contribution in [3.63, 3.8) is 0 Å². The third-order valence-electron chi connectivity index (χ3n) is 2.13. The molecule has 0 aromatic carbocycles. The molecule has 1 aliphatic heterocycles. The molecule has 1 fully saturated rings. The summed E-state index contributed by atoms with van der Waals surface area (Å²) in [6.45, 7) is 0.413. The Bertz CT molecular complexity index is 345. The topological polar surface area (TPSA) is 70.1 Å². The molecule has 0 N–H and O–H groups in total. The maximum Gasteiger partial charge on any atom is 0.283 e. The zero-order chi connectivity index (χ0) is 10.8. The highest BCUT2D eigenvalue weighted by Crippen LogP contribution is 2.22. The molecule has 80 valence electrons. The second-order valence-corrected chi connectivity index (χ2v) is 5.34. The highest BCUT2D eigenvalue weighted by Gasteiger charge is 2.35. The van der Waals surface area contributed by atoms with Gasteiger partial charge in [0.1, 0.15) is 6.17 Å². The summed E-state index contributed by atoms with van der Waals surface area (Å²) in [7, 11) is -0.547. The third kappa shape index (κ3) is 2.01. The summed E-state index contributed by atoms with van der Waals surface area (Å²) >= 11 is 0. The van der Waals surface area contributed by atoms with Crippen LogP contribution in [-0.4, -0.2) is 49.9 Å². The van der Waals surface area contributed by atoms with Gasteiger partial charge in [-0.15, -0.1) is 0 Å². The molecule has 14 heavy (non-hydrogen) atoms. The fourth-order valence-electron chi connectivity index (χ4n) is 1.39. The molecule has 1 aliphatic rings. The van der Waals surface area contributed by atoms with Crippen molar-refractivity contribution in [2.75, 3.05) is 20.6 Å². The predicted octanol–water partition coefficient (Wildman–Crippen LogP) is -0.449. The minimum Gasteiger partial charge on any atom is -0.211 e. The van der Waals surface area contributed by atoms with Gasteiger partial charge in [-0.1, -0.05) is 0 Å². The molecule has 0 spiro atoms. The van der Waals surface area contributed by atoms with E-state index in [2.05, 4.69) is 4.99 Å². The van der Waals surface area contributed by atoms with Gasteiger partial charge in [-0.25, -0.2) is 4.79 Å². The summed E-state index contributed by atoms with van der Waals surface area (Å²) < 4.78 is 25.7. The lowest BCUT2D eigenvalue weighted by atomic mass is 10.3. The number of hydrogen-bond acceptors (Lipinski definition) is 4. The first kappa shape index (κ1) is 11.3. The van der Waals surface area contributed by atoms with E-state index in [1.54, 1.807) is 0 Å². The predicted molar refractivity (Wildman–Crippen MR) is 50.5 cm³/mol. The molecule has 1 atom stereocenters. The molecule has 0 aromatic rings. The van der Waals surface area contributed by atoms with Crippen LogP contribution >= 0.6 is 0 Å². The molecule has 1 unspecified atom stereocenters. The lowest BCUT2D eigenvalue weighted by Gasteiger charge is -2.23. The van der Waals surface area contributed by atoms with E-state index in [0.717, 1.165) is 10.7 Å². The highest BCUT2D eigenvalue weighted by atomic mass is 32.2. The van der Waals surface area contributed by atoms with Crippen molar-refractivity contribution < 1.29 is 13.2 Å². The standard InChI is InChI=1S/C7H13N3O3S/c1-9(2)14(12,13)10-5-3-4-7(10)8-6-11/h7H,3-5H2,1-2H3. The first-order chi connectivity index (χ1) is 6.50. The summed E-state index contributed by atoms with van der Waals surface area (Å²) in [6.07, 6.45) is 2.14. The average Bonchev–Trinajstić information content (AvgIpc) is 2.53. The smallest absolute Gasteiger partial charge is 0.211 e. The highest BCUT2D eigenvalue weighted by molar-refractivity contribution is 7.86. The van der Waals surface area contributed by atoms with Crippen molar-refractivity contribution in [2.24, 2.45) is 4.99 Å². The van der Waals surface area contributed by atoms with Crippen LogP contribution in [0.25, 0.3) is 0 Å². The molecule has 0 radical (unpaired) electrons. The molecule has 1 rings (SSSR count). The average molecular weight is 219 g/mol. The van der Waals surface area contributed by atoms with Crippen molar-refractivity contribution in [2.45, 2.75) is 19.0 Å². The zero-order valence-corrected chi connectivity index (χ0v) is 8.99. The summed E-state index contributed by atoms with van der Waals surface area (Å²) in [4.78, 5) is 13.5. The van der Waals surface area contributed by atoms with Crippen molar-refractivity contribution in [1.29, 1.82) is 0 Å². The lowest BCUT2D eigenvalue weighted by Crippen LogP contribution is -2.42. The Kier molecular flexibility index (Phi) is 3.38. The van der Waals surface area contributed by atoms with Gasteiger partial charge in [0.05, 0.1) is 0 Å². The van der Waals surface area contributed by atoms with Gasteiger partial charge >= 0.3 is 0 Å². The second-order valence-electron chi connectivity index (χ2n) is 3.24. The van der Waals surface area contributed by atoms with Gasteiger partial charge in [0.2, 0.25) is 6.08 Å². The van der Waals surface area contributed by atoms with Crippen LogP contribution in [0.4, 0.5) is 0 Å². The Hall–Kier alpha value is -0.750. The van der Waals surface area contributed by atoms with Crippen LogP contribution in [0.3, 0.4) is 0 Å². The van der Waals surface area contributed by atoms with E-state index in [1.807, 2.05) is 0 Å². The van der Waals surface area contributed by atoms with Crippen LogP contribution in [0.15, 0.2) is 4.99 Å². The van der Waals surface area contributed by atoms with Crippen LogP contribution in [0.1, 0.15) is 12.8 Å². The minimum absolute atomic E-state index is 0.413. The third-order valence-corrected chi connectivity index (χ3v) is 4.07. The van der Waals surface area contributed by atoms with Gasteiger partial charge in [0.15, 0.2) is 0 Å². The van der Waals surface area contributed by atoms with E-state index in [1.165, 1.54) is 24.5 Å². The first-order valence-corrected chi connectivity index (χ1v) is 5.66. The number of isocyanates is 1. The Morgan fingerprint density at radius 3 is 2.64 bits per heavy atom. The van der Waals surface area contributed by atoms with E-state index >= 15 is 0 Å². The van der Waals surface area contributed by atoms with E-state index < -0.39 is 16.4 Å². The minimum atomic E-state index is -3.45. The summed E-state index contributed by atoms with van der Waals surface area (Å²) in [5.41, 5.74) is 0. The molecular weight excluding hydrogens is 206 g/mol. The van der Waals surface area contributed by atoms with Crippen molar-refractivity contribution >= 4 is 16.3 Å². The van der Waals surface area contributed by atoms with Crippen LogP contribution < -0.4 is 0 Å². The maximum absolute atomic E-state index is 11.7. The van der Waals surface area contributed by atoms with Gasteiger partial charge in [0, 0.05) is 20.6 Å². The summed E-state index contributed by atoms with van der Waals surface area (Å²) in [6, 6.07) is 0. The molecular formula is C7H13N3O3S. The SMILES string of the molecule is CN(C)S(=O)(=O)N1CCCC1N=C=O. The molecule has 1 saturated heterocycles. The number of aliphatic imine (C=N–C) groups is 1. The summed E-state index contributed by atoms with van der Waals surface area (Å²) in [5.74, 6) is 0. The van der Waals surface area contributed by atoms with Gasteiger partial charge in [-0.05, 0) is 12.8 Å². The quantitative estimate of drug-likeness (QED) is 0.477. The second kappa shape index (κ2) is 4.18. The Labute approximate surface area is 83.4 Å². The largest absolute Gasteiger partial charge is 0.283 e. The molecule has 0 aromatic heterocycles. The van der Waals surface area contributed by atoms with Crippen LogP contribution in [0.5, 0.6) is 0 Å². The van der Waals surface area contributed by atoms with Gasteiger partial charge in [-0.2, -0.15) is 22.0 Å². The van der Waals surface area contributed by atoms with Crippen molar-refractivity contribution in [1.82, 2.24) is 8.61 Å². The maximum atomic E-state index is 11.7. The van der Waals surface area contributed by atoms with Crippen LogP contribution in [0.2, 0.25) is 0 Å². The fourth-order valence-corrected chi connectivity index (χ4v) is 2.63. The molecule has 6 nitrogen and oxygen atoms in total. The number of hydrogen-bond donors (Lipinski definition) is 0. The van der Waals surface area contributed by atoms with Gasteiger partial charge in [0.25, 0.3) is 10.2 Å². The van der Waals surface area contributed by atoms with Crippen molar-refractivity contribution in [3.8, 4) is 0 Å². The van der Waals surface area contributed by atoms with E-state index in [-0.39, 0.29) is 0 Å². The van der Waals surface area contributed by atoms with E-state index in [4.69, 9.17) is 0 Å².